The van der Waals surface area contributed by atoms with Crippen molar-refractivity contribution in [3.05, 3.63) is 53.6 Å². The summed E-state index contributed by atoms with van der Waals surface area (Å²) in [4.78, 5) is 35.8. The standard InChI is InChI=1S/C18H20FN5O2/c1-13(25)23-6-8-24(9-7-23)18-21-11-15(12-22-18)17(26)20-10-14-2-4-16(19)5-3-14/h2-5,11-12H,6-10H2,1H3,(H,20,26). The smallest absolute Gasteiger partial charge is 0.254 e. The number of rotatable bonds is 4. The van der Waals surface area contributed by atoms with E-state index in [2.05, 4.69) is 15.3 Å². The zero-order chi connectivity index (χ0) is 18.5. The van der Waals surface area contributed by atoms with Crippen LogP contribution in [0.4, 0.5) is 10.3 Å². The van der Waals surface area contributed by atoms with Crippen LogP contribution in [0.2, 0.25) is 0 Å². The fraction of sp³-hybridized carbons (Fsp3) is 0.333. The van der Waals surface area contributed by atoms with Gasteiger partial charge < -0.3 is 15.1 Å². The maximum Gasteiger partial charge on any atom is 0.254 e. The minimum Gasteiger partial charge on any atom is -0.348 e. The van der Waals surface area contributed by atoms with Gasteiger partial charge in [-0.05, 0) is 17.7 Å². The molecule has 0 atom stereocenters. The van der Waals surface area contributed by atoms with Crippen LogP contribution in [0.5, 0.6) is 0 Å². The normalized spacial score (nSPS) is 14.2. The van der Waals surface area contributed by atoms with Gasteiger partial charge >= 0.3 is 0 Å². The number of nitrogens with zero attached hydrogens (tertiary/aromatic N) is 4. The van der Waals surface area contributed by atoms with Crippen molar-refractivity contribution in [3.8, 4) is 0 Å². The second kappa shape index (κ2) is 7.90. The molecule has 0 unspecified atom stereocenters. The second-order valence-electron chi connectivity index (χ2n) is 6.07. The Labute approximate surface area is 150 Å². The van der Waals surface area contributed by atoms with E-state index in [0.29, 0.717) is 44.2 Å². The lowest BCUT2D eigenvalue weighted by molar-refractivity contribution is -0.129. The topological polar surface area (TPSA) is 78.4 Å². The molecule has 1 saturated heterocycles. The number of anilines is 1. The van der Waals surface area contributed by atoms with Crippen molar-refractivity contribution in [1.82, 2.24) is 20.2 Å². The second-order valence-corrected chi connectivity index (χ2v) is 6.07. The van der Waals surface area contributed by atoms with E-state index in [1.165, 1.54) is 24.5 Å². The molecule has 1 aromatic heterocycles. The average Bonchev–Trinajstić information content (AvgIpc) is 2.67. The maximum atomic E-state index is 12.9. The zero-order valence-corrected chi connectivity index (χ0v) is 14.5. The van der Waals surface area contributed by atoms with Crippen LogP contribution >= 0.6 is 0 Å². The fourth-order valence-corrected chi connectivity index (χ4v) is 2.71. The SMILES string of the molecule is CC(=O)N1CCN(c2ncc(C(=O)NCc3ccc(F)cc3)cn2)CC1. The van der Waals surface area contributed by atoms with Gasteiger partial charge in [0.1, 0.15) is 5.82 Å². The summed E-state index contributed by atoms with van der Waals surface area (Å²) in [7, 11) is 0. The van der Waals surface area contributed by atoms with Crippen LogP contribution in [0.1, 0.15) is 22.8 Å². The fourth-order valence-electron chi connectivity index (χ4n) is 2.71. The highest BCUT2D eigenvalue weighted by molar-refractivity contribution is 5.93. The molecule has 2 amide bonds. The monoisotopic (exact) mass is 357 g/mol. The van der Waals surface area contributed by atoms with Crippen molar-refractivity contribution in [2.24, 2.45) is 0 Å². The number of halogens is 1. The van der Waals surface area contributed by atoms with E-state index < -0.39 is 0 Å². The molecule has 0 bridgehead atoms. The summed E-state index contributed by atoms with van der Waals surface area (Å²) in [6.07, 6.45) is 2.97. The molecular formula is C18H20FN5O2. The molecule has 2 heterocycles. The molecule has 1 fully saturated rings. The first-order chi connectivity index (χ1) is 12.5. The number of aromatic nitrogens is 2. The Kier molecular flexibility index (Phi) is 5.40. The Hall–Kier alpha value is -3.03. The van der Waals surface area contributed by atoms with E-state index in [9.17, 15) is 14.0 Å². The van der Waals surface area contributed by atoms with Crippen molar-refractivity contribution in [1.29, 1.82) is 0 Å². The number of nitrogens with one attached hydrogen (secondary N) is 1. The third-order valence-electron chi connectivity index (χ3n) is 4.27. The van der Waals surface area contributed by atoms with Crippen molar-refractivity contribution in [2.45, 2.75) is 13.5 Å². The summed E-state index contributed by atoms with van der Waals surface area (Å²) >= 11 is 0. The summed E-state index contributed by atoms with van der Waals surface area (Å²) in [6, 6.07) is 5.95. The number of hydrogen-bond acceptors (Lipinski definition) is 5. The molecule has 0 aliphatic carbocycles. The van der Waals surface area contributed by atoms with Gasteiger partial charge in [0.2, 0.25) is 11.9 Å². The largest absolute Gasteiger partial charge is 0.348 e. The highest BCUT2D eigenvalue weighted by Crippen LogP contribution is 2.11. The van der Waals surface area contributed by atoms with Crippen LogP contribution in [0.15, 0.2) is 36.7 Å². The summed E-state index contributed by atoms with van der Waals surface area (Å²) in [5, 5.41) is 2.75. The molecular weight excluding hydrogens is 337 g/mol. The molecule has 26 heavy (non-hydrogen) atoms. The molecule has 136 valence electrons. The predicted molar refractivity (Wildman–Crippen MR) is 94.1 cm³/mol. The lowest BCUT2D eigenvalue weighted by atomic mass is 10.2. The van der Waals surface area contributed by atoms with E-state index in [0.717, 1.165) is 5.56 Å². The van der Waals surface area contributed by atoms with Crippen LogP contribution in [-0.4, -0.2) is 52.9 Å². The highest BCUT2D eigenvalue weighted by atomic mass is 19.1. The van der Waals surface area contributed by atoms with Gasteiger partial charge in [-0.2, -0.15) is 0 Å². The predicted octanol–water partition coefficient (Wildman–Crippen LogP) is 1.21. The van der Waals surface area contributed by atoms with Crippen molar-refractivity contribution in [2.75, 3.05) is 31.1 Å². The quantitative estimate of drug-likeness (QED) is 0.890. The zero-order valence-electron chi connectivity index (χ0n) is 14.5. The van der Waals surface area contributed by atoms with E-state index in [-0.39, 0.29) is 17.6 Å². The summed E-state index contributed by atoms with van der Waals surface area (Å²) in [5.41, 5.74) is 1.17. The number of carbonyl (C=O) groups is 2. The van der Waals surface area contributed by atoms with E-state index >= 15 is 0 Å². The minimum absolute atomic E-state index is 0.0683. The highest BCUT2D eigenvalue weighted by Gasteiger charge is 2.20. The molecule has 0 spiro atoms. The van der Waals surface area contributed by atoms with Gasteiger partial charge in [0.15, 0.2) is 0 Å². The summed E-state index contributed by atoms with van der Waals surface area (Å²) in [6.45, 7) is 4.46. The van der Waals surface area contributed by atoms with Gasteiger partial charge in [0, 0.05) is 52.0 Å². The first kappa shape index (κ1) is 17.8. The van der Waals surface area contributed by atoms with Gasteiger partial charge in [-0.15, -0.1) is 0 Å². The van der Waals surface area contributed by atoms with Crippen LogP contribution < -0.4 is 10.2 Å². The number of amides is 2. The third kappa shape index (κ3) is 4.33. The number of hydrogen-bond donors (Lipinski definition) is 1. The molecule has 1 N–H and O–H groups in total. The molecule has 7 nitrogen and oxygen atoms in total. The number of benzene rings is 1. The van der Waals surface area contributed by atoms with E-state index in [1.807, 2.05) is 4.90 Å². The van der Waals surface area contributed by atoms with Crippen molar-refractivity contribution >= 4 is 17.8 Å². The Bertz CT molecular complexity index is 771. The van der Waals surface area contributed by atoms with Gasteiger partial charge in [-0.3, -0.25) is 9.59 Å². The van der Waals surface area contributed by atoms with Crippen LogP contribution in [-0.2, 0) is 11.3 Å². The van der Waals surface area contributed by atoms with Gasteiger partial charge in [-0.1, -0.05) is 12.1 Å². The Morgan fingerprint density at radius 2 is 1.69 bits per heavy atom. The average molecular weight is 357 g/mol. The Morgan fingerprint density at radius 1 is 1.08 bits per heavy atom. The summed E-state index contributed by atoms with van der Waals surface area (Å²) < 4.78 is 12.9. The van der Waals surface area contributed by atoms with Gasteiger partial charge in [-0.25, -0.2) is 14.4 Å². The molecule has 1 aliphatic rings. The third-order valence-corrected chi connectivity index (χ3v) is 4.27. The van der Waals surface area contributed by atoms with Crippen molar-refractivity contribution < 1.29 is 14.0 Å². The van der Waals surface area contributed by atoms with Gasteiger partial charge in [0.05, 0.1) is 5.56 Å². The van der Waals surface area contributed by atoms with Crippen LogP contribution in [0, 0.1) is 5.82 Å². The van der Waals surface area contributed by atoms with E-state index in [1.54, 1.807) is 24.0 Å². The number of piperazine rings is 1. The molecule has 2 aromatic rings. The molecule has 0 saturated carbocycles. The molecule has 1 aromatic carbocycles. The Morgan fingerprint density at radius 3 is 2.27 bits per heavy atom. The first-order valence-corrected chi connectivity index (χ1v) is 8.38. The molecule has 8 heteroatoms. The lowest BCUT2D eigenvalue weighted by Crippen LogP contribution is -2.48. The van der Waals surface area contributed by atoms with Crippen molar-refractivity contribution in [3.63, 3.8) is 0 Å². The first-order valence-electron chi connectivity index (χ1n) is 8.38. The summed E-state index contributed by atoms with van der Waals surface area (Å²) in [5.74, 6) is 0.0116. The van der Waals surface area contributed by atoms with Gasteiger partial charge in [0.25, 0.3) is 5.91 Å². The Balaban J connectivity index is 1.54. The minimum atomic E-state index is -0.312. The van der Waals surface area contributed by atoms with E-state index in [4.69, 9.17) is 0 Å². The molecule has 0 radical (unpaired) electrons. The molecule has 3 rings (SSSR count). The van der Waals surface area contributed by atoms with Crippen LogP contribution in [0.3, 0.4) is 0 Å². The lowest BCUT2D eigenvalue weighted by Gasteiger charge is -2.34. The van der Waals surface area contributed by atoms with Crippen LogP contribution in [0.25, 0.3) is 0 Å². The number of carbonyl (C=O) groups excluding carboxylic acids is 2. The maximum absolute atomic E-state index is 12.9. The molecule has 1 aliphatic heterocycles.